The molecule has 0 bridgehead atoms. The summed E-state index contributed by atoms with van der Waals surface area (Å²) in [5.74, 6) is 1.21. The molecule has 5 heteroatoms. The van der Waals surface area contributed by atoms with E-state index in [1.807, 2.05) is 4.90 Å². The summed E-state index contributed by atoms with van der Waals surface area (Å²) in [6.07, 6.45) is 3.41. The van der Waals surface area contributed by atoms with Crippen LogP contribution in [0.25, 0.3) is 0 Å². The van der Waals surface area contributed by atoms with E-state index >= 15 is 0 Å². The third-order valence-corrected chi connectivity index (χ3v) is 4.79. The molecule has 1 aromatic rings. The molecular weight excluding hydrogens is 324 g/mol. The van der Waals surface area contributed by atoms with Crippen LogP contribution in [0.15, 0.2) is 18.2 Å². The lowest BCUT2D eigenvalue weighted by Crippen LogP contribution is -2.34. The van der Waals surface area contributed by atoms with E-state index in [0.29, 0.717) is 19.6 Å². The zero-order valence-corrected chi connectivity index (χ0v) is 16.0. The number of likely N-dealkylation sites (tertiary alicyclic amines) is 1. The van der Waals surface area contributed by atoms with Gasteiger partial charge < -0.3 is 15.4 Å². The van der Waals surface area contributed by atoms with Gasteiger partial charge in [0.15, 0.2) is 0 Å². The second-order valence-corrected chi connectivity index (χ2v) is 7.15. The maximum Gasteiger partial charge on any atom is 0.222 e. The third kappa shape index (κ3) is 5.67. The number of amides is 1. The van der Waals surface area contributed by atoms with Crippen molar-refractivity contribution in [2.24, 2.45) is 11.1 Å². The van der Waals surface area contributed by atoms with Crippen LogP contribution in [0, 0.1) is 19.3 Å². The molecule has 1 aliphatic heterocycles. The highest BCUT2D eigenvalue weighted by Crippen LogP contribution is 2.29. The Morgan fingerprint density at radius 2 is 2.08 bits per heavy atom. The fourth-order valence-corrected chi connectivity index (χ4v) is 2.98. The van der Waals surface area contributed by atoms with Crippen molar-refractivity contribution in [2.75, 3.05) is 26.2 Å². The number of carbonyl (C=O) groups is 1. The first kappa shape index (κ1) is 20.8. The first-order valence-electron chi connectivity index (χ1n) is 8.61. The van der Waals surface area contributed by atoms with E-state index in [9.17, 15) is 4.79 Å². The number of halogens is 1. The molecule has 1 aliphatic rings. The fourth-order valence-electron chi connectivity index (χ4n) is 2.98. The fraction of sp³-hybridized carbons (Fsp3) is 0.632. The lowest BCUT2D eigenvalue weighted by Gasteiger charge is -2.22. The lowest BCUT2D eigenvalue weighted by atomic mass is 9.90. The largest absolute Gasteiger partial charge is 0.493 e. The molecule has 2 rings (SSSR count). The highest BCUT2D eigenvalue weighted by atomic mass is 35.5. The molecule has 0 aliphatic carbocycles. The summed E-state index contributed by atoms with van der Waals surface area (Å²) < 4.78 is 5.83. The van der Waals surface area contributed by atoms with Gasteiger partial charge in [0, 0.05) is 19.5 Å². The van der Waals surface area contributed by atoms with Crippen molar-refractivity contribution in [3.05, 3.63) is 29.3 Å². The molecule has 1 unspecified atom stereocenters. The van der Waals surface area contributed by atoms with E-state index in [-0.39, 0.29) is 23.7 Å². The molecule has 0 aromatic heterocycles. The number of nitrogens with two attached hydrogens (primary N) is 1. The molecule has 0 spiro atoms. The van der Waals surface area contributed by atoms with Gasteiger partial charge in [-0.3, -0.25) is 4.79 Å². The van der Waals surface area contributed by atoms with Crippen molar-refractivity contribution in [3.63, 3.8) is 0 Å². The topological polar surface area (TPSA) is 55.6 Å². The number of hydrogen-bond donors (Lipinski definition) is 1. The van der Waals surface area contributed by atoms with E-state index in [2.05, 4.69) is 39.0 Å². The average Bonchev–Trinajstić information content (AvgIpc) is 2.93. The predicted molar refractivity (Wildman–Crippen MR) is 101 cm³/mol. The van der Waals surface area contributed by atoms with Crippen LogP contribution in [0.3, 0.4) is 0 Å². The standard InChI is InChI=1S/C19H30N2O2.ClH/c1-15-7-8-16(2)17(12-15)23-11-5-4-6-18(22)21-10-9-19(3,13-20)14-21;/h7-8,12H,4-6,9-11,13-14,20H2,1-3H3;1H. The monoisotopic (exact) mass is 354 g/mol. The molecule has 0 saturated carbocycles. The Morgan fingerprint density at radius 3 is 2.75 bits per heavy atom. The molecule has 1 aromatic carbocycles. The van der Waals surface area contributed by atoms with Crippen LogP contribution in [0.5, 0.6) is 5.75 Å². The maximum atomic E-state index is 12.2. The summed E-state index contributed by atoms with van der Waals surface area (Å²) >= 11 is 0. The zero-order chi connectivity index (χ0) is 16.9. The average molecular weight is 355 g/mol. The van der Waals surface area contributed by atoms with Crippen LogP contribution < -0.4 is 10.5 Å². The summed E-state index contributed by atoms with van der Waals surface area (Å²) in [6.45, 7) is 9.26. The minimum atomic E-state index is 0. The number of aryl methyl sites for hydroxylation is 2. The molecule has 24 heavy (non-hydrogen) atoms. The number of ether oxygens (including phenoxy) is 1. The zero-order valence-electron chi connectivity index (χ0n) is 15.1. The van der Waals surface area contributed by atoms with E-state index in [1.54, 1.807) is 0 Å². The SMILES string of the molecule is Cc1ccc(C)c(OCCCCC(=O)N2CCC(C)(CN)C2)c1.Cl. The quantitative estimate of drug-likeness (QED) is 0.763. The minimum absolute atomic E-state index is 0. The molecule has 1 saturated heterocycles. The summed E-state index contributed by atoms with van der Waals surface area (Å²) in [4.78, 5) is 14.2. The van der Waals surface area contributed by atoms with Crippen molar-refractivity contribution in [3.8, 4) is 5.75 Å². The van der Waals surface area contributed by atoms with Gasteiger partial charge >= 0.3 is 0 Å². The maximum absolute atomic E-state index is 12.2. The van der Waals surface area contributed by atoms with Crippen LogP contribution >= 0.6 is 12.4 Å². The Balaban J connectivity index is 0.00000288. The van der Waals surface area contributed by atoms with Gasteiger partial charge in [0.2, 0.25) is 5.91 Å². The van der Waals surface area contributed by atoms with Gasteiger partial charge in [0.05, 0.1) is 6.61 Å². The molecule has 1 atom stereocenters. The summed E-state index contributed by atoms with van der Waals surface area (Å²) in [7, 11) is 0. The molecule has 4 nitrogen and oxygen atoms in total. The Labute approximate surface area is 152 Å². The van der Waals surface area contributed by atoms with Crippen molar-refractivity contribution in [1.29, 1.82) is 0 Å². The Kier molecular flexibility index (Phi) is 8.04. The Bertz CT molecular complexity index is 550. The van der Waals surface area contributed by atoms with Gasteiger partial charge in [-0.25, -0.2) is 0 Å². The molecule has 1 heterocycles. The van der Waals surface area contributed by atoms with Crippen molar-refractivity contribution in [2.45, 2.75) is 46.5 Å². The number of hydrogen-bond acceptors (Lipinski definition) is 3. The molecule has 2 N–H and O–H groups in total. The number of benzene rings is 1. The van der Waals surface area contributed by atoms with Gasteiger partial charge in [0.1, 0.15) is 5.75 Å². The van der Waals surface area contributed by atoms with Gasteiger partial charge in [-0.2, -0.15) is 0 Å². The number of rotatable bonds is 7. The molecule has 136 valence electrons. The lowest BCUT2D eigenvalue weighted by molar-refractivity contribution is -0.130. The Morgan fingerprint density at radius 1 is 1.33 bits per heavy atom. The van der Waals surface area contributed by atoms with E-state index in [4.69, 9.17) is 10.5 Å². The van der Waals surface area contributed by atoms with Gasteiger partial charge in [0.25, 0.3) is 0 Å². The molecule has 1 fully saturated rings. The highest BCUT2D eigenvalue weighted by molar-refractivity contribution is 5.85. The molecular formula is C19H31ClN2O2. The van der Waals surface area contributed by atoms with Crippen molar-refractivity contribution < 1.29 is 9.53 Å². The van der Waals surface area contributed by atoms with Crippen molar-refractivity contribution in [1.82, 2.24) is 4.90 Å². The number of carbonyl (C=O) groups excluding carboxylic acids is 1. The summed E-state index contributed by atoms with van der Waals surface area (Å²) in [6, 6.07) is 6.24. The number of unbranched alkanes of at least 4 members (excludes halogenated alkanes) is 1. The van der Waals surface area contributed by atoms with Gasteiger partial charge in [-0.15, -0.1) is 12.4 Å². The van der Waals surface area contributed by atoms with Crippen LogP contribution in [0.4, 0.5) is 0 Å². The summed E-state index contributed by atoms with van der Waals surface area (Å²) in [5.41, 5.74) is 8.27. The second kappa shape index (κ2) is 9.28. The Hall–Kier alpha value is -1.26. The van der Waals surface area contributed by atoms with Crippen molar-refractivity contribution >= 4 is 18.3 Å². The third-order valence-electron chi connectivity index (χ3n) is 4.79. The van der Waals surface area contributed by atoms with Gasteiger partial charge in [-0.05, 0) is 62.3 Å². The molecule has 0 radical (unpaired) electrons. The van der Waals surface area contributed by atoms with E-state index in [0.717, 1.165) is 43.7 Å². The number of nitrogens with zero attached hydrogens (tertiary/aromatic N) is 1. The smallest absolute Gasteiger partial charge is 0.222 e. The first-order chi connectivity index (χ1) is 10.9. The highest BCUT2D eigenvalue weighted by Gasteiger charge is 2.34. The first-order valence-corrected chi connectivity index (χ1v) is 8.61. The molecule has 1 amide bonds. The minimum Gasteiger partial charge on any atom is -0.493 e. The second-order valence-electron chi connectivity index (χ2n) is 7.15. The normalized spacial score (nSPS) is 19.9. The van der Waals surface area contributed by atoms with E-state index in [1.165, 1.54) is 5.56 Å². The summed E-state index contributed by atoms with van der Waals surface area (Å²) in [5, 5.41) is 0. The van der Waals surface area contributed by atoms with Crippen LogP contribution in [0.2, 0.25) is 0 Å². The van der Waals surface area contributed by atoms with Crippen LogP contribution in [-0.2, 0) is 4.79 Å². The van der Waals surface area contributed by atoms with Gasteiger partial charge in [-0.1, -0.05) is 19.1 Å². The predicted octanol–water partition coefficient (Wildman–Crippen LogP) is 3.47. The van der Waals surface area contributed by atoms with Crippen LogP contribution in [-0.4, -0.2) is 37.0 Å². The van der Waals surface area contributed by atoms with Crippen LogP contribution in [0.1, 0.15) is 43.7 Å². The van der Waals surface area contributed by atoms with E-state index < -0.39 is 0 Å².